The van der Waals surface area contributed by atoms with Crippen molar-refractivity contribution in [2.45, 2.75) is 6.61 Å². The van der Waals surface area contributed by atoms with Crippen LogP contribution < -0.4 is 4.74 Å². The number of non-ortho nitro benzene ring substituents is 1. The molecule has 4 rings (SSSR count). The topological polar surface area (TPSA) is 91.0 Å². The molecule has 0 fully saturated rings. The van der Waals surface area contributed by atoms with Gasteiger partial charge in [0.05, 0.1) is 4.92 Å². The summed E-state index contributed by atoms with van der Waals surface area (Å²) < 4.78 is 23.9. The molecule has 1 heterocycles. The van der Waals surface area contributed by atoms with Gasteiger partial charge >= 0.3 is 5.97 Å². The number of carbonyl (C=O) groups is 1. The summed E-state index contributed by atoms with van der Waals surface area (Å²) in [5.74, 6) is -0.248. The summed E-state index contributed by atoms with van der Waals surface area (Å²) in [5, 5.41) is 10.7. The lowest BCUT2D eigenvalue weighted by atomic mass is 10.2. The quantitative estimate of drug-likeness (QED) is 0.251. The molecule has 1 aliphatic heterocycles. The zero-order chi connectivity index (χ0) is 21.8. The Morgan fingerprint density at radius 2 is 1.68 bits per heavy atom. The maximum atomic E-state index is 13.0. The smallest absolute Gasteiger partial charge is 0.363 e. The second-order valence-corrected chi connectivity index (χ2v) is 6.62. The summed E-state index contributed by atoms with van der Waals surface area (Å²) in [6, 6.07) is 18.6. The zero-order valence-electron chi connectivity index (χ0n) is 16.0. The van der Waals surface area contributed by atoms with Crippen molar-refractivity contribution in [2.75, 3.05) is 0 Å². The molecule has 31 heavy (non-hydrogen) atoms. The van der Waals surface area contributed by atoms with Crippen LogP contribution in [0.1, 0.15) is 16.7 Å². The number of carbonyl (C=O) groups excluding carboxylic acids is 1. The molecule has 0 saturated heterocycles. The Labute approximate surface area is 176 Å². The molecule has 0 aromatic heterocycles. The van der Waals surface area contributed by atoms with E-state index < -0.39 is 10.9 Å². The van der Waals surface area contributed by atoms with Gasteiger partial charge in [-0.05, 0) is 65.7 Å². The molecule has 1 aliphatic rings. The number of aliphatic imine (C=N–C) groups is 1. The van der Waals surface area contributed by atoms with Gasteiger partial charge in [0.15, 0.2) is 5.70 Å². The number of nitro benzene ring substituents is 1. The van der Waals surface area contributed by atoms with Gasteiger partial charge in [0.2, 0.25) is 5.90 Å². The highest BCUT2D eigenvalue weighted by atomic mass is 19.1. The first-order valence-corrected chi connectivity index (χ1v) is 9.23. The summed E-state index contributed by atoms with van der Waals surface area (Å²) in [4.78, 5) is 26.5. The fourth-order valence-corrected chi connectivity index (χ4v) is 2.82. The molecule has 3 aromatic rings. The van der Waals surface area contributed by atoms with Crippen molar-refractivity contribution in [3.05, 3.63) is 111 Å². The van der Waals surface area contributed by atoms with Gasteiger partial charge in [0.1, 0.15) is 18.2 Å². The Morgan fingerprint density at radius 3 is 2.32 bits per heavy atom. The summed E-state index contributed by atoms with van der Waals surface area (Å²) in [6.45, 7) is 0.260. The Bertz CT molecular complexity index is 1180. The molecule has 8 heteroatoms. The van der Waals surface area contributed by atoms with E-state index in [1.165, 1.54) is 36.4 Å². The number of hydrogen-bond donors (Lipinski definition) is 0. The van der Waals surface area contributed by atoms with Gasteiger partial charge in [-0.3, -0.25) is 10.1 Å². The largest absolute Gasteiger partial charge is 0.489 e. The molecule has 0 saturated carbocycles. The molecule has 0 N–H and O–H groups in total. The predicted octanol–water partition coefficient (Wildman–Crippen LogP) is 4.66. The van der Waals surface area contributed by atoms with Crippen LogP contribution in [-0.4, -0.2) is 16.8 Å². The molecule has 154 valence electrons. The van der Waals surface area contributed by atoms with Gasteiger partial charge < -0.3 is 9.47 Å². The second-order valence-electron chi connectivity index (χ2n) is 6.62. The van der Waals surface area contributed by atoms with Gasteiger partial charge in [-0.15, -0.1) is 0 Å². The Balaban J connectivity index is 1.41. The van der Waals surface area contributed by atoms with E-state index in [9.17, 15) is 19.3 Å². The van der Waals surface area contributed by atoms with Crippen molar-refractivity contribution in [3.63, 3.8) is 0 Å². The van der Waals surface area contributed by atoms with Crippen LogP contribution in [0.5, 0.6) is 5.75 Å². The number of halogens is 1. The molecular formula is C23H15FN2O5. The zero-order valence-corrected chi connectivity index (χ0v) is 16.0. The van der Waals surface area contributed by atoms with E-state index in [1.807, 2.05) is 0 Å². The number of rotatable bonds is 6. The average Bonchev–Trinajstić information content (AvgIpc) is 3.14. The molecule has 0 spiro atoms. The molecule has 7 nitrogen and oxygen atoms in total. The first-order valence-electron chi connectivity index (χ1n) is 9.23. The van der Waals surface area contributed by atoms with Gasteiger partial charge in [-0.2, -0.15) is 0 Å². The normalized spacial score (nSPS) is 14.3. The summed E-state index contributed by atoms with van der Waals surface area (Å²) >= 11 is 0. The summed E-state index contributed by atoms with van der Waals surface area (Å²) in [6.07, 6.45) is 1.58. The SMILES string of the molecule is O=C1OC(c2ccc(F)cc2)=N/C1=C\c1ccc(OCc2ccc([N+](=O)[O-])cc2)cc1. The maximum absolute atomic E-state index is 13.0. The van der Waals surface area contributed by atoms with Crippen LogP contribution in [0.4, 0.5) is 10.1 Å². The van der Waals surface area contributed by atoms with Crippen LogP contribution in [0.3, 0.4) is 0 Å². The lowest BCUT2D eigenvalue weighted by molar-refractivity contribution is -0.384. The third-order valence-corrected chi connectivity index (χ3v) is 4.45. The third-order valence-electron chi connectivity index (χ3n) is 4.45. The average molecular weight is 418 g/mol. The van der Waals surface area contributed by atoms with Crippen LogP contribution in [0.25, 0.3) is 6.08 Å². The lowest BCUT2D eigenvalue weighted by Gasteiger charge is -2.06. The monoisotopic (exact) mass is 418 g/mol. The number of cyclic esters (lactones) is 1. The lowest BCUT2D eigenvalue weighted by Crippen LogP contribution is -2.05. The van der Waals surface area contributed by atoms with Crippen LogP contribution in [-0.2, 0) is 16.1 Å². The van der Waals surface area contributed by atoms with E-state index in [-0.39, 0.29) is 29.7 Å². The molecule has 0 radical (unpaired) electrons. The number of nitro groups is 1. The Kier molecular flexibility index (Phi) is 5.53. The fourth-order valence-electron chi connectivity index (χ4n) is 2.82. The van der Waals surface area contributed by atoms with Gasteiger partial charge in [0, 0.05) is 17.7 Å². The number of esters is 1. The van der Waals surface area contributed by atoms with Crippen molar-refractivity contribution >= 4 is 23.6 Å². The summed E-state index contributed by atoms with van der Waals surface area (Å²) in [7, 11) is 0. The second kappa shape index (κ2) is 8.58. The van der Waals surface area contributed by atoms with E-state index in [0.29, 0.717) is 11.3 Å². The number of ether oxygens (including phenoxy) is 2. The molecule has 0 atom stereocenters. The first-order chi connectivity index (χ1) is 15.0. The van der Waals surface area contributed by atoms with Crippen molar-refractivity contribution < 1.29 is 23.6 Å². The van der Waals surface area contributed by atoms with E-state index in [4.69, 9.17) is 9.47 Å². The first kappa shape index (κ1) is 20.0. The van der Waals surface area contributed by atoms with Crippen molar-refractivity contribution in [1.82, 2.24) is 0 Å². The molecule has 3 aromatic carbocycles. The highest BCUT2D eigenvalue weighted by molar-refractivity contribution is 6.12. The van der Waals surface area contributed by atoms with Crippen LogP contribution in [0.15, 0.2) is 83.5 Å². The van der Waals surface area contributed by atoms with Gasteiger partial charge in [0.25, 0.3) is 5.69 Å². The molecule has 0 aliphatic carbocycles. The molecule has 0 amide bonds. The van der Waals surface area contributed by atoms with Crippen molar-refractivity contribution in [2.24, 2.45) is 4.99 Å². The van der Waals surface area contributed by atoms with Crippen molar-refractivity contribution in [3.8, 4) is 5.75 Å². The van der Waals surface area contributed by atoms with E-state index in [0.717, 1.165) is 11.1 Å². The predicted molar refractivity (Wildman–Crippen MR) is 111 cm³/mol. The Morgan fingerprint density at radius 1 is 1.00 bits per heavy atom. The fraction of sp³-hybridized carbons (Fsp3) is 0.0435. The third kappa shape index (κ3) is 4.81. The van der Waals surface area contributed by atoms with Crippen LogP contribution in [0, 0.1) is 15.9 Å². The van der Waals surface area contributed by atoms with Gasteiger partial charge in [-0.25, -0.2) is 14.2 Å². The molecular weight excluding hydrogens is 403 g/mol. The van der Waals surface area contributed by atoms with E-state index >= 15 is 0 Å². The number of hydrogen-bond acceptors (Lipinski definition) is 6. The van der Waals surface area contributed by atoms with Crippen LogP contribution >= 0.6 is 0 Å². The minimum absolute atomic E-state index is 0.0248. The Hall–Kier alpha value is -4.33. The molecule has 0 unspecified atom stereocenters. The van der Waals surface area contributed by atoms with E-state index in [2.05, 4.69) is 4.99 Å². The number of benzene rings is 3. The van der Waals surface area contributed by atoms with Crippen LogP contribution in [0.2, 0.25) is 0 Å². The molecule has 0 bridgehead atoms. The highest BCUT2D eigenvalue weighted by Crippen LogP contribution is 2.21. The summed E-state index contributed by atoms with van der Waals surface area (Å²) in [5.41, 5.74) is 2.19. The number of nitrogens with zero attached hydrogens (tertiary/aromatic N) is 2. The standard InChI is InChI=1S/C23H15FN2O5/c24-18-7-5-17(6-8-18)22-25-21(23(27)31-22)13-15-3-11-20(12-4-15)30-14-16-1-9-19(10-2-16)26(28)29/h1-13H,14H2/b21-13-. The maximum Gasteiger partial charge on any atom is 0.363 e. The minimum atomic E-state index is -0.585. The van der Waals surface area contributed by atoms with E-state index in [1.54, 1.807) is 42.5 Å². The highest BCUT2D eigenvalue weighted by Gasteiger charge is 2.24. The minimum Gasteiger partial charge on any atom is -0.489 e. The van der Waals surface area contributed by atoms with Crippen molar-refractivity contribution in [1.29, 1.82) is 0 Å². The van der Waals surface area contributed by atoms with Gasteiger partial charge in [-0.1, -0.05) is 12.1 Å².